The Morgan fingerprint density at radius 1 is 0.684 bits per heavy atom. The maximum Gasteiger partial charge on any atom is 0.397 e. The van der Waals surface area contributed by atoms with Gasteiger partial charge in [0.05, 0.1) is 19.8 Å². The molecule has 0 aromatic rings. The van der Waals surface area contributed by atoms with Gasteiger partial charge in [-0.2, -0.15) is 8.42 Å². The van der Waals surface area contributed by atoms with Crippen molar-refractivity contribution in [1.29, 1.82) is 0 Å². The molecule has 1 rings (SSSR count). The maximum absolute atomic E-state index is 12.8. The van der Waals surface area contributed by atoms with Crippen LogP contribution in [0.15, 0.2) is 60.8 Å². The van der Waals surface area contributed by atoms with E-state index >= 15 is 0 Å². The summed E-state index contributed by atoms with van der Waals surface area (Å²) >= 11 is 0. The Labute approximate surface area is 344 Å². The molecule has 0 bridgehead atoms. The third kappa shape index (κ3) is 29.6. The van der Waals surface area contributed by atoms with Crippen molar-refractivity contribution in [3.8, 4) is 0 Å². The lowest BCUT2D eigenvalue weighted by Crippen LogP contribution is -2.60. The molecule has 1 fully saturated rings. The third-order valence-electron chi connectivity index (χ3n) is 9.40. The van der Waals surface area contributed by atoms with E-state index in [0.717, 1.165) is 83.5 Å². The van der Waals surface area contributed by atoms with Gasteiger partial charge in [0.25, 0.3) is 0 Å². The number of hydrogen-bond acceptors (Lipinski definition) is 11. The highest BCUT2D eigenvalue weighted by Crippen LogP contribution is 2.26. The Kier molecular flexibility index (Phi) is 33.1. The van der Waals surface area contributed by atoms with Crippen LogP contribution in [0.1, 0.15) is 149 Å². The van der Waals surface area contributed by atoms with E-state index in [4.69, 9.17) is 23.5 Å². The number of unbranched alkanes of at least 4 members (excludes halogenated alkanes) is 13. The predicted octanol–water partition coefficient (Wildman–Crippen LogP) is 8.57. The van der Waals surface area contributed by atoms with Gasteiger partial charge in [-0.05, 0) is 57.8 Å². The molecule has 6 atom stereocenters. The number of aliphatic hydroxyl groups excluding tert-OH is 3. The fraction of sp³-hybridized carbons (Fsp3) is 0.750. The van der Waals surface area contributed by atoms with Gasteiger partial charge in [0, 0.05) is 13.0 Å². The highest BCUT2D eigenvalue weighted by atomic mass is 32.3. The summed E-state index contributed by atoms with van der Waals surface area (Å²) in [6, 6.07) is 0. The average molecular weight is 829 g/mol. The van der Waals surface area contributed by atoms with Crippen LogP contribution < -0.4 is 0 Å². The highest BCUT2D eigenvalue weighted by molar-refractivity contribution is 7.80. The molecule has 0 radical (unpaired) electrons. The van der Waals surface area contributed by atoms with E-state index in [-0.39, 0.29) is 19.6 Å². The van der Waals surface area contributed by atoms with Crippen molar-refractivity contribution in [2.75, 3.05) is 26.4 Å². The molecule has 0 amide bonds. The molecule has 13 heteroatoms. The normalized spacial score (nSPS) is 21.3. The van der Waals surface area contributed by atoms with E-state index < -0.39 is 59.8 Å². The van der Waals surface area contributed by atoms with Crippen molar-refractivity contribution in [2.45, 2.75) is 185 Å². The van der Waals surface area contributed by atoms with Gasteiger partial charge < -0.3 is 34.3 Å². The van der Waals surface area contributed by atoms with Crippen molar-refractivity contribution >= 4 is 16.4 Å². The summed E-state index contributed by atoms with van der Waals surface area (Å²) in [5.74, 6) is -0.421. The van der Waals surface area contributed by atoms with Crippen molar-refractivity contribution in [3.63, 3.8) is 0 Å². The SMILES string of the molecule is CC/C=C\C/C=C\C/C=C\C/C=C\C/C=C\CCCCCCCC(=O)OC(COCCCCCCCCCCC)COC1OC(CO)C(O)C(OS(=O)(=O)O)C1O. The van der Waals surface area contributed by atoms with Gasteiger partial charge in [0.1, 0.15) is 30.5 Å². The summed E-state index contributed by atoms with van der Waals surface area (Å²) in [5.41, 5.74) is 0. The second-order valence-corrected chi connectivity index (χ2v) is 15.6. The Bertz CT molecular complexity index is 1230. The number of hydrogen-bond donors (Lipinski definition) is 4. The monoisotopic (exact) mass is 829 g/mol. The van der Waals surface area contributed by atoms with Gasteiger partial charge in [-0.25, -0.2) is 4.18 Å². The Morgan fingerprint density at radius 3 is 1.77 bits per heavy atom. The first-order valence-electron chi connectivity index (χ1n) is 21.5. The fourth-order valence-corrected chi connectivity index (χ4v) is 6.68. The number of esters is 1. The molecule has 0 aromatic heterocycles. The van der Waals surface area contributed by atoms with Gasteiger partial charge in [-0.1, -0.05) is 145 Å². The highest BCUT2D eigenvalue weighted by Gasteiger charge is 2.48. The van der Waals surface area contributed by atoms with E-state index in [9.17, 15) is 28.5 Å². The van der Waals surface area contributed by atoms with E-state index in [2.05, 4.69) is 78.8 Å². The first-order chi connectivity index (χ1) is 27.6. The number of rotatable bonds is 36. The van der Waals surface area contributed by atoms with Crippen LogP contribution in [-0.2, 0) is 38.3 Å². The topological polar surface area (TPSA) is 178 Å². The molecular weight excluding hydrogens is 753 g/mol. The van der Waals surface area contributed by atoms with Crippen molar-refractivity contribution < 1.29 is 56.2 Å². The van der Waals surface area contributed by atoms with Gasteiger partial charge in [0.15, 0.2) is 6.29 Å². The number of carbonyl (C=O) groups is 1. The standard InChI is InChI=1S/C44H76O12S/c1-3-5-7-9-11-13-14-15-16-17-18-19-20-21-22-23-24-25-27-29-31-33-40(46)54-38(36-52-34-32-30-28-26-12-10-8-6-4-2)37-53-44-42(48)43(56-57(49,50)51)41(47)39(35-45)55-44/h5,7,11,13,15-16,18-19,21-22,38-39,41-45,47-48H,3-4,6,8-10,12,14,17,20,23-37H2,1-2H3,(H,49,50,51)/b7-5-,13-11-,16-15-,19-18-,22-21-. The summed E-state index contributed by atoms with van der Waals surface area (Å²) in [5, 5.41) is 30.6. The maximum atomic E-state index is 12.8. The minimum atomic E-state index is -5.06. The van der Waals surface area contributed by atoms with Crippen molar-refractivity contribution in [3.05, 3.63) is 60.8 Å². The van der Waals surface area contributed by atoms with E-state index in [1.807, 2.05) is 0 Å². The van der Waals surface area contributed by atoms with Crippen LogP contribution in [0.2, 0.25) is 0 Å². The van der Waals surface area contributed by atoms with Crippen LogP contribution in [0.25, 0.3) is 0 Å². The third-order valence-corrected chi connectivity index (χ3v) is 9.87. The lowest BCUT2D eigenvalue weighted by Gasteiger charge is -2.41. The molecule has 1 aliphatic heterocycles. The van der Waals surface area contributed by atoms with E-state index in [1.165, 1.54) is 38.5 Å². The predicted molar refractivity (Wildman–Crippen MR) is 225 cm³/mol. The molecule has 4 N–H and O–H groups in total. The van der Waals surface area contributed by atoms with Gasteiger partial charge >= 0.3 is 16.4 Å². The lowest BCUT2D eigenvalue weighted by molar-refractivity contribution is -0.301. The molecule has 0 aliphatic carbocycles. The molecule has 0 saturated carbocycles. The first-order valence-corrected chi connectivity index (χ1v) is 22.9. The molecule has 1 saturated heterocycles. The Hall–Kier alpha value is -2.20. The van der Waals surface area contributed by atoms with Crippen LogP contribution in [0, 0.1) is 0 Å². The van der Waals surface area contributed by atoms with E-state index in [0.29, 0.717) is 13.0 Å². The molecule has 1 heterocycles. The molecule has 0 spiro atoms. The average Bonchev–Trinajstić information content (AvgIpc) is 3.18. The lowest BCUT2D eigenvalue weighted by atomic mass is 9.99. The van der Waals surface area contributed by atoms with Gasteiger partial charge in [-0.15, -0.1) is 0 Å². The largest absolute Gasteiger partial charge is 0.457 e. The summed E-state index contributed by atoms with van der Waals surface area (Å²) in [4.78, 5) is 12.8. The second-order valence-electron chi connectivity index (χ2n) is 14.6. The van der Waals surface area contributed by atoms with Crippen molar-refractivity contribution in [1.82, 2.24) is 0 Å². The zero-order valence-corrected chi connectivity index (χ0v) is 35.7. The van der Waals surface area contributed by atoms with Crippen LogP contribution in [0.4, 0.5) is 0 Å². The van der Waals surface area contributed by atoms with E-state index in [1.54, 1.807) is 0 Å². The molecular formula is C44H76O12S. The van der Waals surface area contributed by atoms with Crippen LogP contribution >= 0.6 is 0 Å². The van der Waals surface area contributed by atoms with Gasteiger partial charge in [0.2, 0.25) is 0 Å². The molecule has 0 aromatic carbocycles. The minimum absolute atomic E-state index is 0.0262. The summed E-state index contributed by atoms with van der Waals surface area (Å²) in [6.07, 6.45) is 34.0. The molecule has 12 nitrogen and oxygen atoms in total. The van der Waals surface area contributed by atoms with Crippen molar-refractivity contribution in [2.24, 2.45) is 0 Å². The zero-order valence-electron chi connectivity index (χ0n) is 34.9. The van der Waals surface area contributed by atoms with Crippen LogP contribution in [0.5, 0.6) is 0 Å². The summed E-state index contributed by atoms with van der Waals surface area (Å²) in [7, 11) is -5.06. The molecule has 1 aliphatic rings. The number of carbonyl (C=O) groups excluding carboxylic acids is 1. The van der Waals surface area contributed by atoms with Crippen LogP contribution in [-0.4, -0.2) is 97.5 Å². The zero-order chi connectivity index (χ0) is 41.8. The smallest absolute Gasteiger partial charge is 0.397 e. The summed E-state index contributed by atoms with van der Waals surface area (Å²) < 4.78 is 58.8. The number of aliphatic hydroxyl groups is 3. The van der Waals surface area contributed by atoms with Gasteiger partial charge in [-0.3, -0.25) is 9.35 Å². The minimum Gasteiger partial charge on any atom is -0.457 e. The Morgan fingerprint density at radius 2 is 1.21 bits per heavy atom. The number of ether oxygens (including phenoxy) is 4. The Balaban J connectivity index is 2.42. The second kappa shape index (κ2) is 35.7. The fourth-order valence-electron chi connectivity index (χ4n) is 6.17. The van der Waals surface area contributed by atoms with Crippen LogP contribution in [0.3, 0.4) is 0 Å². The molecule has 57 heavy (non-hydrogen) atoms. The molecule has 6 unspecified atom stereocenters. The number of allylic oxidation sites excluding steroid dienone is 10. The summed E-state index contributed by atoms with van der Waals surface area (Å²) in [6.45, 7) is 3.81. The first kappa shape index (κ1) is 52.8. The molecule has 330 valence electrons. The quantitative estimate of drug-likeness (QED) is 0.0205.